The summed E-state index contributed by atoms with van der Waals surface area (Å²) >= 11 is 0. The Balaban J connectivity index is 1.28. The summed E-state index contributed by atoms with van der Waals surface area (Å²) in [4.78, 5) is 16.0. The Kier molecular flexibility index (Phi) is 4.42. The van der Waals surface area contributed by atoms with Gasteiger partial charge in [-0.15, -0.1) is 0 Å². The van der Waals surface area contributed by atoms with Crippen molar-refractivity contribution in [3.63, 3.8) is 0 Å². The zero-order chi connectivity index (χ0) is 19.8. The van der Waals surface area contributed by atoms with Crippen LogP contribution in [0.1, 0.15) is 35.7 Å². The average molecular weight is 393 g/mol. The molecule has 3 N–H and O–H groups in total. The van der Waals surface area contributed by atoms with Crippen molar-refractivity contribution >= 4 is 16.9 Å². The van der Waals surface area contributed by atoms with E-state index in [1.54, 1.807) is 7.11 Å². The molecule has 0 fully saturated rings. The third-order valence-electron chi connectivity index (χ3n) is 5.61. The molecule has 0 saturated carbocycles. The smallest absolute Gasteiger partial charge is 0.315 e. The van der Waals surface area contributed by atoms with E-state index in [0.29, 0.717) is 6.54 Å². The first-order valence-corrected chi connectivity index (χ1v) is 9.82. The largest absolute Gasteiger partial charge is 0.497 e. The lowest BCUT2D eigenvalue weighted by atomic mass is 9.92. The van der Waals surface area contributed by atoms with Gasteiger partial charge in [0.05, 0.1) is 13.2 Å². The van der Waals surface area contributed by atoms with E-state index in [-0.39, 0.29) is 18.9 Å². The Morgan fingerprint density at radius 2 is 2.10 bits per heavy atom. The number of benzene rings is 2. The maximum absolute atomic E-state index is 12.5. The Morgan fingerprint density at radius 1 is 1.21 bits per heavy atom. The lowest BCUT2D eigenvalue weighted by molar-refractivity contribution is 0.174. The highest BCUT2D eigenvalue weighted by molar-refractivity contribution is 5.87. The molecule has 0 radical (unpaired) electrons. The third kappa shape index (κ3) is 3.33. The van der Waals surface area contributed by atoms with E-state index < -0.39 is 0 Å². The van der Waals surface area contributed by atoms with Crippen molar-refractivity contribution in [2.45, 2.75) is 31.8 Å². The van der Waals surface area contributed by atoms with Gasteiger partial charge in [0.2, 0.25) is 6.79 Å². The molecule has 2 aliphatic rings. The Morgan fingerprint density at radius 3 is 3.00 bits per heavy atom. The average Bonchev–Trinajstić information content (AvgIpc) is 3.36. The van der Waals surface area contributed by atoms with Crippen molar-refractivity contribution < 1.29 is 19.0 Å². The fourth-order valence-electron chi connectivity index (χ4n) is 4.16. The summed E-state index contributed by atoms with van der Waals surface area (Å²) in [6.07, 6.45) is 2.94. The fourth-order valence-corrected chi connectivity index (χ4v) is 4.16. The summed E-state index contributed by atoms with van der Waals surface area (Å²) in [7, 11) is 1.68. The molecule has 1 unspecified atom stereocenters. The van der Waals surface area contributed by atoms with Crippen LogP contribution in [0.15, 0.2) is 36.4 Å². The molecule has 7 heteroatoms. The quantitative estimate of drug-likeness (QED) is 0.630. The van der Waals surface area contributed by atoms with Crippen LogP contribution in [-0.2, 0) is 13.0 Å². The Bertz CT molecular complexity index is 1080. The molecule has 2 heterocycles. The number of carbonyl (C=O) groups excluding carboxylic acids is 1. The van der Waals surface area contributed by atoms with Gasteiger partial charge in [0.15, 0.2) is 11.5 Å². The number of nitrogens with one attached hydrogen (secondary N) is 3. The number of aryl methyl sites for hydroxylation is 1. The minimum Gasteiger partial charge on any atom is -0.497 e. The first kappa shape index (κ1) is 17.7. The Hall–Kier alpha value is -3.35. The zero-order valence-electron chi connectivity index (χ0n) is 16.2. The van der Waals surface area contributed by atoms with Gasteiger partial charge in [0, 0.05) is 23.1 Å². The normalized spacial score (nSPS) is 17.1. The lowest BCUT2D eigenvalue weighted by Gasteiger charge is -2.24. The number of ether oxygens (including phenoxy) is 3. The first-order chi connectivity index (χ1) is 14.2. The minimum atomic E-state index is -0.184. The topological polar surface area (TPSA) is 84.6 Å². The number of H-pyrrole nitrogens is 1. The number of rotatable bonds is 4. The van der Waals surface area contributed by atoms with Gasteiger partial charge in [0.25, 0.3) is 0 Å². The highest BCUT2D eigenvalue weighted by atomic mass is 16.7. The number of amides is 2. The zero-order valence-corrected chi connectivity index (χ0v) is 16.2. The van der Waals surface area contributed by atoms with Gasteiger partial charge in [-0.25, -0.2) is 4.79 Å². The number of urea groups is 1. The molecule has 3 aromatic rings. The van der Waals surface area contributed by atoms with Crippen LogP contribution in [0.25, 0.3) is 10.9 Å². The molecule has 2 aromatic carbocycles. The van der Waals surface area contributed by atoms with Crippen LogP contribution in [0.4, 0.5) is 4.79 Å². The van der Waals surface area contributed by atoms with Gasteiger partial charge in [-0.3, -0.25) is 0 Å². The molecule has 29 heavy (non-hydrogen) atoms. The molecule has 1 atom stereocenters. The van der Waals surface area contributed by atoms with Crippen LogP contribution >= 0.6 is 0 Å². The summed E-state index contributed by atoms with van der Waals surface area (Å²) in [6.45, 7) is 0.666. The van der Waals surface area contributed by atoms with E-state index in [4.69, 9.17) is 14.2 Å². The van der Waals surface area contributed by atoms with Crippen molar-refractivity contribution in [3.8, 4) is 17.2 Å². The SMILES string of the molecule is COc1ccc2[nH]c3c(c2c1)CCCC3NC(=O)NCc1ccc2c(c1)OCO2. The minimum absolute atomic E-state index is 0.0334. The highest BCUT2D eigenvalue weighted by Crippen LogP contribution is 2.36. The van der Waals surface area contributed by atoms with Crippen molar-refractivity contribution in [1.82, 2.24) is 15.6 Å². The van der Waals surface area contributed by atoms with Crippen LogP contribution < -0.4 is 24.8 Å². The van der Waals surface area contributed by atoms with Crippen LogP contribution in [0.3, 0.4) is 0 Å². The van der Waals surface area contributed by atoms with Gasteiger partial charge < -0.3 is 29.8 Å². The predicted octanol–water partition coefficient (Wildman–Crippen LogP) is 3.78. The number of fused-ring (bicyclic) bond motifs is 4. The monoisotopic (exact) mass is 393 g/mol. The second-order valence-corrected chi connectivity index (χ2v) is 7.39. The van der Waals surface area contributed by atoms with Gasteiger partial charge in [0.1, 0.15) is 5.75 Å². The van der Waals surface area contributed by atoms with Crippen molar-refractivity contribution in [3.05, 3.63) is 53.2 Å². The molecule has 7 nitrogen and oxygen atoms in total. The number of carbonyl (C=O) groups is 1. The molecule has 1 aromatic heterocycles. The van der Waals surface area contributed by atoms with Crippen molar-refractivity contribution in [2.24, 2.45) is 0 Å². The van der Waals surface area contributed by atoms with Gasteiger partial charge >= 0.3 is 6.03 Å². The maximum atomic E-state index is 12.5. The Labute approximate surface area is 168 Å². The number of aromatic nitrogens is 1. The number of hydrogen-bond acceptors (Lipinski definition) is 4. The number of methoxy groups -OCH3 is 1. The van der Waals surface area contributed by atoms with E-state index in [2.05, 4.69) is 21.7 Å². The van der Waals surface area contributed by atoms with Crippen LogP contribution in [0.2, 0.25) is 0 Å². The van der Waals surface area contributed by atoms with Crippen LogP contribution in [0, 0.1) is 0 Å². The molecule has 0 saturated heterocycles. The fraction of sp³-hybridized carbons (Fsp3) is 0.318. The predicted molar refractivity (Wildman–Crippen MR) is 108 cm³/mol. The van der Waals surface area contributed by atoms with Gasteiger partial charge in [-0.05, 0) is 60.7 Å². The van der Waals surface area contributed by atoms with E-state index in [9.17, 15) is 4.79 Å². The summed E-state index contributed by atoms with van der Waals surface area (Å²) in [5, 5.41) is 7.23. The molecule has 5 rings (SSSR count). The summed E-state index contributed by atoms with van der Waals surface area (Å²) < 4.78 is 16.1. The van der Waals surface area contributed by atoms with E-state index in [1.807, 2.05) is 30.3 Å². The van der Waals surface area contributed by atoms with E-state index >= 15 is 0 Å². The van der Waals surface area contributed by atoms with E-state index in [1.165, 1.54) is 10.9 Å². The molecule has 2 amide bonds. The molecule has 1 aliphatic carbocycles. The lowest BCUT2D eigenvalue weighted by Crippen LogP contribution is -2.38. The molecule has 1 aliphatic heterocycles. The number of aromatic amines is 1. The maximum Gasteiger partial charge on any atom is 0.315 e. The van der Waals surface area contributed by atoms with Crippen molar-refractivity contribution in [1.29, 1.82) is 0 Å². The number of hydrogen-bond donors (Lipinski definition) is 3. The van der Waals surface area contributed by atoms with E-state index in [0.717, 1.165) is 53.3 Å². The molecule has 0 bridgehead atoms. The second kappa shape index (κ2) is 7.24. The summed E-state index contributed by atoms with van der Waals surface area (Å²) in [5.41, 5.74) is 4.40. The summed E-state index contributed by atoms with van der Waals surface area (Å²) in [6, 6.07) is 11.5. The molecular formula is C22H23N3O4. The first-order valence-electron chi connectivity index (χ1n) is 9.82. The third-order valence-corrected chi connectivity index (χ3v) is 5.61. The molecular weight excluding hydrogens is 370 g/mol. The molecule has 0 spiro atoms. The van der Waals surface area contributed by atoms with Crippen LogP contribution in [-0.4, -0.2) is 24.9 Å². The van der Waals surface area contributed by atoms with Crippen LogP contribution in [0.5, 0.6) is 17.2 Å². The molecule has 150 valence electrons. The van der Waals surface area contributed by atoms with Crippen molar-refractivity contribution in [2.75, 3.05) is 13.9 Å². The standard InChI is InChI=1S/C22H23N3O4/c1-27-14-6-7-17-16(10-14)15-3-2-4-18(21(15)24-17)25-22(26)23-11-13-5-8-19-20(9-13)29-12-28-19/h5-10,18,24H,2-4,11-12H2,1H3,(H2,23,25,26). The van der Waals surface area contributed by atoms with Gasteiger partial charge in [-0.2, -0.15) is 0 Å². The highest BCUT2D eigenvalue weighted by Gasteiger charge is 2.25. The van der Waals surface area contributed by atoms with Gasteiger partial charge in [-0.1, -0.05) is 6.07 Å². The second-order valence-electron chi connectivity index (χ2n) is 7.39. The summed E-state index contributed by atoms with van der Waals surface area (Å²) in [5.74, 6) is 2.30.